The van der Waals surface area contributed by atoms with Gasteiger partial charge in [-0.15, -0.1) is 0 Å². The molecule has 0 spiro atoms. The minimum atomic E-state index is -1.69. The van der Waals surface area contributed by atoms with E-state index in [2.05, 4.69) is 12.2 Å². The number of rotatable bonds is 14. The summed E-state index contributed by atoms with van der Waals surface area (Å²) in [5.74, 6) is -0.235. The van der Waals surface area contributed by atoms with Crippen LogP contribution in [0, 0.1) is 5.41 Å². The third-order valence-electron chi connectivity index (χ3n) is 9.73. The highest BCUT2D eigenvalue weighted by molar-refractivity contribution is 5.85. The summed E-state index contributed by atoms with van der Waals surface area (Å²) in [4.78, 5) is 25.8. The summed E-state index contributed by atoms with van der Waals surface area (Å²) in [6.45, 7) is 5.21. The van der Waals surface area contributed by atoms with Gasteiger partial charge in [-0.3, -0.25) is 9.59 Å². The highest BCUT2D eigenvalue weighted by atomic mass is 16.7. The Bertz CT molecular complexity index is 1180. The highest BCUT2D eigenvalue weighted by Gasteiger charge is 2.48. The SMILES string of the molecule is CCC(C)(CC(C)c1ccccc1)C(=O)CCNC(=O)CC1OCC(OC2OCC(OC3OCC(O)C(O)C3O)C(O)C2O)C(O)C1O. The molecule has 14 atom stereocenters. The summed E-state index contributed by atoms with van der Waals surface area (Å²) in [5.41, 5.74) is 0.608. The van der Waals surface area contributed by atoms with Crippen molar-refractivity contribution in [2.45, 2.75) is 126 Å². The van der Waals surface area contributed by atoms with Gasteiger partial charge in [-0.2, -0.15) is 0 Å². The summed E-state index contributed by atoms with van der Waals surface area (Å²) < 4.78 is 27.3. The molecule has 0 aliphatic carbocycles. The normalized spacial score (nSPS) is 37.7. The van der Waals surface area contributed by atoms with Crippen LogP contribution in [0.3, 0.4) is 0 Å². The molecule has 1 aromatic rings. The lowest BCUT2D eigenvalue weighted by molar-refractivity contribution is -0.341. The van der Waals surface area contributed by atoms with Gasteiger partial charge in [0.15, 0.2) is 12.6 Å². The van der Waals surface area contributed by atoms with Crippen molar-refractivity contribution in [1.82, 2.24) is 5.32 Å². The fraction of sp³-hybridized carbons (Fsp3) is 0.758. The molecule has 272 valence electrons. The first-order valence-electron chi connectivity index (χ1n) is 16.5. The number of ketones is 1. The topological polar surface area (TPSA) is 234 Å². The lowest BCUT2D eigenvalue weighted by Gasteiger charge is -2.43. The van der Waals surface area contributed by atoms with E-state index in [0.717, 1.165) is 5.56 Å². The van der Waals surface area contributed by atoms with Crippen molar-refractivity contribution in [3.8, 4) is 0 Å². The maximum atomic E-state index is 13.2. The minimum Gasteiger partial charge on any atom is -0.388 e. The second-order valence-electron chi connectivity index (χ2n) is 13.3. The van der Waals surface area contributed by atoms with Crippen molar-refractivity contribution < 1.29 is 69.0 Å². The van der Waals surface area contributed by atoms with Crippen molar-refractivity contribution in [3.05, 3.63) is 35.9 Å². The van der Waals surface area contributed by atoms with Crippen molar-refractivity contribution in [1.29, 1.82) is 0 Å². The van der Waals surface area contributed by atoms with Crippen molar-refractivity contribution in [3.63, 3.8) is 0 Å². The van der Waals surface area contributed by atoms with E-state index in [-0.39, 0.29) is 50.9 Å². The van der Waals surface area contributed by atoms with E-state index >= 15 is 0 Å². The predicted molar refractivity (Wildman–Crippen MR) is 166 cm³/mol. The molecule has 0 bridgehead atoms. The number of hydrogen-bond acceptors (Lipinski definition) is 14. The number of hydrogen-bond donors (Lipinski definition) is 8. The maximum Gasteiger partial charge on any atom is 0.222 e. The van der Waals surface area contributed by atoms with Crippen LogP contribution in [0.25, 0.3) is 0 Å². The monoisotopic (exact) mass is 685 g/mol. The smallest absolute Gasteiger partial charge is 0.222 e. The number of amides is 1. The summed E-state index contributed by atoms with van der Waals surface area (Å²) in [6.07, 6.45) is -15.9. The molecule has 3 heterocycles. The van der Waals surface area contributed by atoms with E-state index in [4.69, 9.17) is 23.7 Å². The van der Waals surface area contributed by atoms with Gasteiger partial charge in [-0.1, -0.05) is 51.1 Å². The van der Waals surface area contributed by atoms with Crippen LogP contribution in [0.2, 0.25) is 0 Å². The molecule has 0 radical (unpaired) electrons. The largest absolute Gasteiger partial charge is 0.388 e. The Morgan fingerprint density at radius 2 is 1.40 bits per heavy atom. The standard InChI is InChI=1S/C33H51NO14/c1-4-33(3,13-17(2)18-8-6-5-7-9-18)23(36)10-11-34-24(37)12-20-26(39)27(40)21(15-44-20)47-32-30(43)28(41)22(16-46-32)48-31-29(42)25(38)19(35)14-45-31/h5-9,17,19-22,25-32,35,38-43H,4,10-16H2,1-3H3,(H,34,37). The number of aliphatic hydroxyl groups excluding tert-OH is 7. The predicted octanol–water partition coefficient (Wildman–Crippen LogP) is -1.53. The van der Waals surface area contributed by atoms with E-state index < -0.39 is 84.9 Å². The first-order chi connectivity index (χ1) is 22.7. The van der Waals surface area contributed by atoms with E-state index in [9.17, 15) is 45.3 Å². The Balaban J connectivity index is 1.19. The third-order valence-corrected chi connectivity index (χ3v) is 9.73. The van der Waals surface area contributed by atoms with Crippen LogP contribution in [-0.2, 0) is 33.3 Å². The van der Waals surface area contributed by atoms with E-state index in [1.807, 2.05) is 44.2 Å². The van der Waals surface area contributed by atoms with Gasteiger partial charge in [0.2, 0.25) is 5.91 Å². The third kappa shape index (κ3) is 9.35. The van der Waals surface area contributed by atoms with Crippen LogP contribution in [-0.4, -0.2) is 147 Å². The van der Waals surface area contributed by atoms with Gasteiger partial charge in [0.1, 0.15) is 60.7 Å². The minimum absolute atomic E-state index is 0.0473. The number of ether oxygens (including phenoxy) is 5. The van der Waals surface area contributed by atoms with E-state index in [0.29, 0.717) is 12.8 Å². The molecule has 15 heteroatoms. The first-order valence-corrected chi connectivity index (χ1v) is 16.5. The van der Waals surface area contributed by atoms with Crippen LogP contribution >= 0.6 is 0 Å². The summed E-state index contributed by atoms with van der Waals surface area (Å²) in [7, 11) is 0. The Hall–Kier alpha value is -2.12. The molecule has 0 saturated carbocycles. The van der Waals surface area contributed by atoms with Gasteiger partial charge >= 0.3 is 0 Å². The lowest BCUT2D eigenvalue weighted by atomic mass is 9.73. The average Bonchev–Trinajstić information content (AvgIpc) is 3.07. The molecule has 14 unspecified atom stereocenters. The molecule has 3 aliphatic rings. The molecule has 48 heavy (non-hydrogen) atoms. The van der Waals surface area contributed by atoms with Crippen molar-refractivity contribution in [2.75, 3.05) is 26.4 Å². The van der Waals surface area contributed by atoms with Crippen LogP contribution in [0.15, 0.2) is 30.3 Å². The van der Waals surface area contributed by atoms with Gasteiger partial charge in [0.05, 0.1) is 32.3 Å². The number of Topliss-reactive ketones (excluding diaryl/α,β-unsaturated/α-hetero) is 1. The zero-order valence-electron chi connectivity index (χ0n) is 27.5. The molecular weight excluding hydrogens is 634 g/mol. The number of benzene rings is 1. The van der Waals surface area contributed by atoms with Crippen LogP contribution < -0.4 is 5.32 Å². The number of aliphatic hydroxyl groups is 7. The first kappa shape index (κ1) is 38.7. The molecule has 8 N–H and O–H groups in total. The summed E-state index contributed by atoms with van der Waals surface area (Å²) >= 11 is 0. The fourth-order valence-electron chi connectivity index (χ4n) is 6.31. The van der Waals surface area contributed by atoms with Gasteiger partial charge < -0.3 is 64.7 Å². The lowest BCUT2D eigenvalue weighted by Crippen LogP contribution is -2.61. The molecule has 3 fully saturated rings. The molecule has 0 aromatic heterocycles. The fourth-order valence-corrected chi connectivity index (χ4v) is 6.31. The molecular formula is C33H51NO14. The molecule has 15 nitrogen and oxygen atoms in total. The average molecular weight is 686 g/mol. The van der Waals surface area contributed by atoms with Crippen molar-refractivity contribution >= 4 is 11.7 Å². The Morgan fingerprint density at radius 1 is 0.833 bits per heavy atom. The zero-order chi connectivity index (χ0) is 35.2. The van der Waals surface area contributed by atoms with Gasteiger partial charge in [-0.25, -0.2) is 0 Å². The number of carbonyl (C=O) groups is 2. The highest BCUT2D eigenvalue weighted by Crippen LogP contribution is 2.36. The van der Waals surface area contributed by atoms with Crippen molar-refractivity contribution in [2.24, 2.45) is 5.41 Å². The molecule has 3 aliphatic heterocycles. The molecule has 3 saturated heterocycles. The molecule has 4 rings (SSSR count). The van der Waals surface area contributed by atoms with Gasteiger partial charge in [0, 0.05) is 18.4 Å². The number of carbonyl (C=O) groups excluding carboxylic acids is 2. The summed E-state index contributed by atoms with van der Waals surface area (Å²) in [5, 5.41) is 74.8. The Morgan fingerprint density at radius 3 is 2.02 bits per heavy atom. The van der Waals surface area contributed by atoms with Gasteiger partial charge in [-0.05, 0) is 24.3 Å². The second kappa shape index (κ2) is 17.2. The summed E-state index contributed by atoms with van der Waals surface area (Å²) in [6, 6.07) is 9.99. The van der Waals surface area contributed by atoms with E-state index in [1.165, 1.54) is 0 Å². The molecule has 1 amide bonds. The molecule has 1 aromatic carbocycles. The van der Waals surface area contributed by atoms with Crippen LogP contribution in [0.4, 0.5) is 0 Å². The number of nitrogens with one attached hydrogen (secondary N) is 1. The Labute approximate surface area is 279 Å². The maximum absolute atomic E-state index is 13.2. The zero-order valence-corrected chi connectivity index (χ0v) is 27.5. The Kier molecular flexibility index (Phi) is 13.9. The quantitative estimate of drug-likeness (QED) is 0.111. The van der Waals surface area contributed by atoms with Crippen LogP contribution in [0.1, 0.15) is 57.9 Å². The van der Waals surface area contributed by atoms with E-state index in [1.54, 1.807) is 0 Å². The van der Waals surface area contributed by atoms with Crippen LogP contribution in [0.5, 0.6) is 0 Å². The second-order valence-corrected chi connectivity index (χ2v) is 13.3. The van der Waals surface area contributed by atoms with Gasteiger partial charge in [0.25, 0.3) is 0 Å².